The molecule has 0 aromatic heterocycles. The minimum Gasteiger partial charge on any atom is -0.493 e. The molecule has 0 saturated carbocycles. The number of benzene rings is 1. The summed E-state index contributed by atoms with van der Waals surface area (Å²) in [4.78, 5) is 0. The quantitative estimate of drug-likeness (QED) is 0.685. The summed E-state index contributed by atoms with van der Waals surface area (Å²) < 4.78 is 11.4. The average Bonchev–Trinajstić information content (AvgIpc) is 2.50. The third kappa shape index (κ3) is 5.96. The zero-order chi connectivity index (χ0) is 15.7. The molecule has 2 atom stereocenters. The van der Waals surface area contributed by atoms with E-state index in [2.05, 4.69) is 45.1 Å². The van der Waals surface area contributed by atoms with Crippen LogP contribution in [0, 0.1) is 5.92 Å². The van der Waals surface area contributed by atoms with E-state index in [0.29, 0.717) is 12.0 Å². The van der Waals surface area contributed by atoms with Gasteiger partial charge in [-0.1, -0.05) is 33.3 Å². The molecule has 0 bridgehead atoms. The zero-order valence-corrected chi connectivity index (χ0v) is 14.2. The molecule has 0 spiro atoms. The summed E-state index contributed by atoms with van der Waals surface area (Å²) in [6.07, 6.45) is 3.53. The molecule has 1 rings (SSSR count). The van der Waals surface area contributed by atoms with Gasteiger partial charge in [-0.05, 0) is 49.9 Å². The Bertz CT molecular complexity index is 406. The number of nitrogens with one attached hydrogen (secondary N) is 1. The number of ether oxygens (including phenoxy) is 2. The molecule has 0 aliphatic heterocycles. The van der Waals surface area contributed by atoms with Crippen molar-refractivity contribution in [1.29, 1.82) is 0 Å². The molecule has 3 nitrogen and oxygen atoms in total. The third-order valence-electron chi connectivity index (χ3n) is 3.69. The highest BCUT2D eigenvalue weighted by Gasteiger charge is 2.11. The first-order chi connectivity index (χ1) is 10.1. The summed E-state index contributed by atoms with van der Waals surface area (Å²) in [7, 11) is 1.70. The van der Waals surface area contributed by atoms with Crippen LogP contribution < -0.4 is 14.8 Å². The molecule has 0 aliphatic rings. The number of hydrogen-bond donors (Lipinski definition) is 1. The van der Waals surface area contributed by atoms with E-state index in [9.17, 15) is 0 Å². The maximum Gasteiger partial charge on any atom is 0.161 e. The van der Waals surface area contributed by atoms with Crippen LogP contribution in [0.3, 0.4) is 0 Å². The Kier molecular flexibility index (Phi) is 8.21. The Labute approximate surface area is 130 Å². The maximum atomic E-state index is 5.91. The molecule has 0 amide bonds. The first kappa shape index (κ1) is 17.8. The molecule has 0 aliphatic carbocycles. The molecule has 0 radical (unpaired) electrons. The molecule has 2 unspecified atom stereocenters. The Morgan fingerprint density at radius 2 is 1.86 bits per heavy atom. The number of rotatable bonds is 10. The minimum absolute atomic E-state index is 0.326. The minimum atomic E-state index is 0.326. The van der Waals surface area contributed by atoms with Gasteiger partial charge in [0.2, 0.25) is 0 Å². The van der Waals surface area contributed by atoms with Crippen LogP contribution in [-0.4, -0.2) is 20.3 Å². The second-order valence-corrected chi connectivity index (χ2v) is 5.79. The van der Waals surface area contributed by atoms with Crippen molar-refractivity contribution in [2.75, 3.05) is 20.3 Å². The summed E-state index contributed by atoms with van der Waals surface area (Å²) in [6, 6.07) is 6.55. The number of methoxy groups -OCH3 is 1. The van der Waals surface area contributed by atoms with Crippen LogP contribution in [0.2, 0.25) is 0 Å². The highest BCUT2D eigenvalue weighted by molar-refractivity contribution is 5.43. The van der Waals surface area contributed by atoms with Crippen LogP contribution in [0.5, 0.6) is 11.5 Å². The molecule has 1 aromatic carbocycles. The SMILES string of the molecule is CCCNC(C)c1ccc(OCC(C)CCC)c(OC)c1. The van der Waals surface area contributed by atoms with Gasteiger partial charge in [0.1, 0.15) is 0 Å². The van der Waals surface area contributed by atoms with Crippen molar-refractivity contribution in [3.05, 3.63) is 23.8 Å². The summed E-state index contributed by atoms with van der Waals surface area (Å²) in [5, 5.41) is 3.49. The summed E-state index contributed by atoms with van der Waals surface area (Å²) >= 11 is 0. The largest absolute Gasteiger partial charge is 0.493 e. The second-order valence-electron chi connectivity index (χ2n) is 5.79. The van der Waals surface area contributed by atoms with Crippen LogP contribution in [0.1, 0.15) is 58.6 Å². The highest BCUT2D eigenvalue weighted by atomic mass is 16.5. The van der Waals surface area contributed by atoms with E-state index in [0.717, 1.165) is 31.1 Å². The fourth-order valence-electron chi connectivity index (χ4n) is 2.36. The van der Waals surface area contributed by atoms with Crippen molar-refractivity contribution >= 4 is 0 Å². The van der Waals surface area contributed by atoms with E-state index >= 15 is 0 Å². The predicted octanol–water partition coefficient (Wildman–Crippen LogP) is 4.57. The first-order valence-electron chi connectivity index (χ1n) is 8.16. The summed E-state index contributed by atoms with van der Waals surface area (Å²) in [6.45, 7) is 10.5. The van der Waals surface area contributed by atoms with Crippen molar-refractivity contribution < 1.29 is 9.47 Å². The number of hydrogen-bond acceptors (Lipinski definition) is 3. The molecule has 1 aromatic rings. The van der Waals surface area contributed by atoms with Crippen molar-refractivity contribution in [2.45, 2.75) is 53.0 Å². The van der Waals surface area contributed by atoms with Gasteiger partial charge in [-0.2, -0.15) is 0 Å². The average molecular weight is 293 g/mol. The van der Waals surface area contributed by atoms with E-state index in [1.54, 1.807) is 7.11 Å². The maximum absolute atomic E-state index is 5.91. The summed E-state index contributed by atoms with van der Waals surface area (Å²) in [5.74, 6) is 2.23. The van der Waals surface area contributed by atoms with Crippen molar-refractivity contribution in [1.82, 2.24) is 5.32 Å². The van der Waals surface area contributed by atoms with Gasteiger partial charge in [-0.15, -0.1) is 0 Å². The second kappa shape index (κ2) is 9.67. The molecular formula is C18H31NO2. The van der Waals surface area contributed by atoms with Gasteiger partial charge in [-0.25, -0.2) is 0 Å². The van der Waals surface area contributed by atoms with E-state index in [-0.39, 0.29) is 0 Å². The normalized spacial score (nSPS) is 13.8. The monoisotopic (exact) mass is 293 g/mol. The van der Waals surface area contributed by atoms with E-state index in [4.69, 9.17) is 9.47 Å². The lowest BCUT2D eigenvalue weighted by atomic mass is 10.1. The topological polar surface area (TPSA) is 30.5 Å². The van der Waals surface area contributed by atoms with Crippen molar-refractivity contribution in [3.63, 3.8) is 0 Å². The van der Waals surface area contributed by atoms with Gasteiger partial charge in [0, 0.05) is 6.04 Å². The Balaban J connectivity index is 2.69. The van der Waals surface area contributed by atoms with E-state index in [1.807, 2.05) is 6.07 Å². The molecule has 3 heteroatoms. The summed E-state index contributed by atoms with van der Waals surface area (Å²) in [5.41, 5.74) is 1.23. The van der Waals surface area contributed by atoms with Crippen LogP contribution in [0.4, 0.5) is 0 Å². The predicted molar refractivity (Wildman–Crippen MR) is 89.3 cm³/mol. The lowest BCUT2D eigenvalue weighted by molar-refractivity contribution is 0.240. The zero-order valence-electron chi connectivity index (χ0n) is 14.2. The van der Waals surface area contributed by atoms with Crippen molar-refractivity contribution in [3.8, 4) is 11.5 Å². The Hall–Kier alpha value is -1.22. The third-order valence-corrected chi connectivity index (χ3v) is 3.69. The lowest BCUT2D eigenvalue weighted by Gasteiger charge is -2.18. The van der Waals surface area contributed by atoms with Gasteiger partial charge in [0.25, 0.3) is 0 Å². The van der Waals surface area contributed by atoms with Crippen molar-refractivity contribution in [2.24, 2.45) is 5.92 Å². The fourth-order valence-corrected chi connectivity index (χ4v) is 2.36. The van der Waals surface area contributed by atoms with Crippen LogP contribution in [0.25, 0.3) is 0 Å². The van der Waals surface area contributed by atoms with Gasteiger partial charge in [0.05, 0.1) is 13.7 Å². The van der Waals surface area contributed by atoms with E-state index in [1.165, 1.54) is 18.4 Å². The smallest absolute Gasteiger partial charge is 0.161 e. The molecule has 120 valence electrons. The van der Waals surface area contributed by atoms with E-state index < -0.39 is 0 Å². The molecule has 0 heterocycles. The van der Waals surface area contributed by atoms with Gasteiger partial charge in [0.15, 0.2) is 11.5 Å². The standard InChI is InChI=1S/C18H31NO2/c1-6-8-14(3)13-21-17-10-9-16(12-18(17)20-5)15(4)19-11-7-2/h9-10,12,14-15,19H,6-8,11,13H2,1-5H3. The molecule has 1 N–H and O–H groups in total. The lowest BCUT2D eigenvalue weighted by Crippen LogP contribution is -2.19. The Morgan fingerprint density at radius 1 is 1.10 bits per heavy atom. The highest BCUT2D eigenvalue weighted by Crippen LogP contribution is 2.30. The fraction of sp³-hybridized carbons (Fsp3) is 0.667. The molecular weight excluding hydrogens is 262 g/mol. The first-order valence-corrected chi connectivity index (χ1v) is 8.16. The molecule has 0 fully saturated rings. The van der Waals surface area contributed by atoms with Crippen LogP contribution in [0.15, 0.2) is 18.2 Å². The van der Waals surface area contributed by atoms with Gasteiger partial charge < -0.3 is 14.8 Å². The molecule has 21 heavy (non-hydrogen) atoms. The molecule has 0 saturated heterocycles. The van der Waals surface area contributed by atoms with Gasteiger partial charge >= 0.3 is 0 Å². The van der Waals surface area contributed by atoms with Gasteiger partial charge in [-0.3, -0.25) is 0 Å². The van der Waals surface area contributed by atoms with Crippen LogP contribution in [-0.2, 0) is 0 Å². The van der Waals surface area contributed by atoms with Crippen LogP contribution >= 0.6 is 0 Å². The Morgan fingerprint density at radius 3 is 2.48 bits per heavy atom.